The van der Waals surface area contributed by atoms with E-state index in [2.05, 4.69) is 15.3 Å². The molecule has 9 nitrogen and oxygen atoms in total. The average Bonchev–Trinajstić information content (AvgIpc) is 3.16. The molecule has 0 saturated carbocycles. The molecule has 1 amide bonds. The summed E-state index contributed by atoms with van der Waals surface area (Å²) in [5.41, 5.74) is 1.01. The number of carbonyl (C=O) groups is 2. The summed E-state index contributed by atoms with van der Waals surface area (Å²) in [5.74, 6) is -1.36. The smallest absolute Gasteiger partial charge is 0.342 e. The van der Waals surface area contributed by atoms with Gasteiger partial charge >= 0.3 is 5.97 Å². The fraction of sp³-hybridized carbons (Fsp3) is 0.111. The normalized spacial score (nSPS) is 11.5. The van der Waals surface area contributed by atoms with Crippen LogP contribution in [0.15, 0.2) is 48.0 Å². The summed E-state index contributed by atoms with van der Waals surface area (Å²) in [5, 5.41) is 15.3. The molecule has 0 radical (unpaired) electrons. The topological polar surface area (TPSA) is 124 Å². The number of thiazole rings is 1. The lowest BCUT2D eigenvalue weighted by atomic mass is 10.1. The molecule has 1 unspecified atom stereocenters. The van der Waals surface area contributed by atoms with Crippen LogP contribution >= 0.6 is 22.9 Å². The van der Waals surface area contributed by atoms with Crippen molar-refractivity contribution in [3.63, 3.8) is 0 Å². The monoisotopic (exact) mass is 432 g/mol. The Balaban J connectivity index is 1.65. The minimum Gasteiger partial charge on any atom is -0.449 e. The van der Waals surface area contributed by atoms with Crippen molar-refractivity contribution in [3.8, 4) is 11.3 Å². The van der Waals surface area contributed by atoms with Crippen LogP contribution in [0.25, 0.3) is 11.3 Å². The number of hydrogen-bond acceptors (Lipinski definition) is 8. The number of nitrogens with zero attached hydrogens (tertiary/aromatic N) is 3. The third kappa shape index (κ3) is 4.92. The summed E-state index contributed by atoms with van der Waals surface area (Å²) in [6.45, 7) is 1.41. The molecular formula is C18H13ClN4O5S. The molecule has 148 valence electrons. The first-order chi connectivity index (χ1) is 13.8. The zero-order valence-corrected chi connectivity index (χ0v) is 16.4. The fourth-order valence-electron chi connectivity index (χ4n) is 2.27. The Bertz CT molecular complexity index is 1090. The number of nitro benzene ring substituents is 1. The quantitative estimate of drug-likeness (QED) is 0.270. The Hall–Kier alpha value is -3.37. The SMILES string of the molecule is CC(OC(=O)c1cccnc1Cl)C(=O)Nc1nc(-c2cccc([N+](=O)[O-])c2)cs1. The standard InChI is InChI=1S/C18H13ClN4O5S/c1-10(28-17(25)13-6-3-7-20-15(13)19)16(24)22-18-21-14(9-29-18)11-4-2-5-12(8-11)23(26)27/h2-10H,1H3,(H,21,22,24). The molecule has 3 rings (SSSR count). The van der Waals surface area contributed by atoms with E-state index in [1.54, 1.807) is 17.5 Å². The molecule has 2 heterocycles. The van der Waals surface area contributed by atoms with E-state index in [0.717, 1.165) is 11.3 Å². The van der Waals surface area contributed by atoms with Crippen molar-refractivity contribution in [1.29, 1.82) is 0 Å². The van der Waals surface area contributed by atoms with E-state index in [0.29, 0.717) is 11.3 Å². The number of anilines is 1. The van der Waals surface area contributed by atoms with Gasteiger partial charge in [0.2, 0.25) is 0 Å². The van der Waals surface area contributed by atoms with Gasteiger partial charge in [-0.05, 0) is 19.1 Å². The molecule has 0 bridgehead atoms. The van der Waals surface area contributed by atoms with Crippen LogP contribution in [0.5, 0.6) is 0 Å². The van der Waals surface area contributed by atoms with Crippen LogP contribution in [-0.4, -0.2) is 32.9 Å². The molecule has 1 N–H and O–H groups in total. The van der Waals surface area contributed by atoms with Gasteiger partial charge in [0.05, 0.1) is 16.2 Å². The molecule has 1 aromatic carbocycles. The molecule has 3 aromatic rings. The van der Waals surface area contributed by atoms with E-state index in [-0.39, 0.29) is 21.5 Å². The van der Waals surface area contributed by atoms with Gasteiger partial charge in [0.25, 0.3) is 11.6 Å². The molecule has 0 spiro atoms. The number of aromatic nitrogens is 2. The number of nitrogens with one attached hydrogen (secondary N) is 1. The van der Waals surface area contributed by atoms with Gasteiger partial charge in [0.15, 0.2) is 11.2 Å². The number of halogens is 1. The van der Waals surface area contributed by atoms with Crippen LogP contribution in [-0.2, 0) is 9.53 Å². The number of ether oxygens (including phenoxy) is 1. The van der Waals surface area contributed by atoms with Crippen molar-refractivity contribution >= 4 is 45.6 Å². The van der Waals surface area contributed by atoms with Gasteiger partial charge < -0.3 is 4.74 Å². The van der Waals surface area contributed by atoms with E-state index in [1.807, 2.05) is 0 Å². The molecular weight excluding hydrogens is 420 g/mol. The first kappa shape index (κ1) is 20.4. The van der Waals surface area contributed by atoms with Crippen LogP contribution in [0.3, 0.4) is 0 Å². The lowest BCUT2D eigenvalue weighted by molar-refractivity contribution is -0.384. The molecule has 2 aromatic heterocycles. The molecule has 0 saturated heterocycles. The van der Waals surface area contributed by atoms with Gasteiger partial charge in [-0.2, -0.15) is 0 Å². The first-order valence-electron chi connectivity index (χ1n) is 8.18. The number of nitro groups is 1. The highest BCUT2D eigenvalue weighted by atomic mass is 35.5. The highest BCUT2D eigenvalue weighted by Crippen LogP contribution is 2.27. The van der Waals surface area contributed by atoms with Gasteiger partial charge in [-0.3, -0.25) is 20.2 Å². The van der Waals surface area contributed by atoms with E-state index >= 15 is 0 Å². The Kier molecular flexibility index (Phi) is 6.15. The van der Waals surface area contributed by atoms with Gasteiger partial charge in [-0.1, -0.05) is 23.7 Å². The minimum absolute atomic E-state index is 0.0216. The zero-order chi connectivity index (χ0) is 21.0. The molecule has 0 fully saturated rings. The Morgan fingerprint density at radius 1 is 1.31 bits per heavy atom. The average molecular weight is 433 g/mol. The van der Waals surface area contributed by atoms with E-state index in [9.17, 15) is 19.7 Å². The predicted octanol–water partition coefficient (Wildman–Crippen LogP) is 3.95. The first-order valence-corrected chi connectivity index (χ1v) is 9.43. The van der Waals surface area contributed by atoms with Gasteiger partial charge in [-0.25, -0.2) is 14.8 Å². The third-order valence-corrected chi connectivity index (χ3v) is 4.78. The maximum atomic E-state index is 12.3. The van der Waals surface area contributed by atoms with Crippen LogP contribution in [0.2, 0.25) is 5.15 Å². The predicted molar refractivity (Wildman–Crippen MR) is 107 cm³/mol. The van der Waals surface area contributed by atoms with Crippen molar-refractivity contribution in [2.24, 2.45) is 0 Å². The van der Waals surface area contributed by atoms with Crippen LogP contribution in [0.1, 0.15) is 17.3 Å². The minimum atomic E-state index is -1.11. The second kappa shape index (κ2) is 8.76. The Morgan fingerprint density at radius 3 is 2.83 bits per heavy atom. The van der Waals surface area contributed by atoms with Crippen molar-refractivity contribution < 1.29 is 19.2 Å². The maximum Gasteiger partial charge on any atom is 0.342 e. The second-order valence-corrected chi connectivity index (χ2v) is 6.94. The summed E-state index contributed by atoms with van der Waals surface area (Å²) in [6.07, 6.45) is 0.320. The van der Waals surface area contributed by atoms with E-state index in [4.69, 9.17) is 16.3 Å². The van der Waals surface area contributed by atoms with Crippen molar-refractivity contribution in [2.75, 3.05) is 5.32 Å². The molecule has 1 atom stereocenters. The summed E-state index contributed by atoms with van der Waals surface area (Å²) in [6, 6.07) is 8.96. The van der Waals surface area contributed by atoms with Crippen molar-refractivity contribution in [1.82, 2.24) is 9.97 Å². The second-order valence-electron chi connectivity index (χ2n) is 5.72. The van der Waals surface area contributed by atoms with Gasteiger partial charge in [0, 0.05) is 29.3 Å². The third-order valence-electron chi connectivity index (χ3n) is 3.72. The van der Waals surface area contributed by atoms with Crippen LogP contribution in [0, 0.1) is 10.1 Å². The molecule has 29 heavy (non-hydrogen) atoms. The lowest BCUT2D eigenvalue weighted by Crippen LogP contribution is -2.30. The number of amides is 1. The molecule has 0 aliphatic carbocycles. The maximum absolute atomic E-state index is 12.3. The number of esters is 1. The van der Waals surface area contributed by atoms with Crippen molar-refractivity contribution in [2.45, 2.75) is 13.0 Å². The van der Waals surface area contributed by atoms with Gasteiger partial charge in [0.1, 0.15) is 5.15 Å². The summed E-state index contributed by atoms with van der Waals surface area (Å²) in [4.78, 5) is 42.8. The number of benzene rings is 1. The van der Waals surface area contributed by atoms with Gasteiger partial charge in [-0.15, -0.1) is 11.3 Å². The zero-order valence-electron chi connectivity index (χ0n) is 14.9. The number of pyridine rings is 1. The summed E-state index contributed by atoms with van der Waals surface area (Å²) >= 11 is 6.98. The molecule has 0 aliphatic rings. The van der Waals surface area contributed by atoms with E-state index in [1.165, 1.54) is 37.4 Å². The largest absolute Gasteiger partial charge is 0.449 e. The molecule has 0 aliphatic heterocycles. The summed E-state index contributed by atoms with van der Waals surface area (Å²) < 4.78 is 5.11. The van der Waals surface area contributed by atoms with Crippen LogP contribution < -0.4 is 5.32 Å². The van der Waals surface area contributed by atoms with Crippen LogP contribution in [0.4, 0.5) is 10.8 Å². The van der Waals surface area contributed by atoms with E-state index < -0.39 is 22.9 Å². The Morgan fingerprint density at radius 2 is 2.10 bits per heavy atom. The fourth-order valence-corrected chi connectivity index (χ4v) is 3.18. The number of carbonyl (C=O) groups excluding carboxylic acids is 2. The number of rotatable bonds is 6. The molecule has 11 heteroatoms. The number of non-ortho nitro benzene ring substituents is 1. The number of hydrogen-bond donors (Lipinski definition) is 1. The van der Waals surface area contributed by atoms with Crippen molar-refractivity contribution in [3.05, 3.63) is 68.8 Å². The Labute approximate surface area is 173 Å². The highest BCUT2D eigenvalue weighted by molar-refractivity contribution is 7.14. The highest BCUT2D eigenvalue weighted by Gasteiger charge is 2.22. The lowest BCUT2D eigenvalue weighted by Gasteiger charge is -2.12. The summed E-state index contributed by atoms with van der Waals surface area (Å²) in [7, 11) is 0.